The summed E-state index contributed by atoms with van der Waals surface area (Å²) in [5.41, 5.74) is 0. The van der Waals surface area contributed by atoms with Crippen molar-refractivity contribution in [2.24, 2.45) is 0 Å². The summed E-state index contributed by atoms with van der Waals surface area (Å²) in [5.74, 6) is 0. The zero-order chi connectivity index (χ0) is 12.9. The lowest BCUT2D eigenvalue weighted by molar-refractivity contribution is 0.285. The van der Waals surface area contributed by atoms with E-state index in [1.54, 1.807) is 17.1 Å². The zero-order valence-corrected chi connectivity index (χ0v) is 12.3. The normalized spacial score (nSPS) is 13.8. The van der Waals surface area contributed by atoms with Gasteiger partial charge in [0, 0.05) is 22.1 Å². The minimum absolute atomic E-state index is 0.121. The van der Waals surface area contributed by atoms with Gasteiger partial charge in [0.15, 0.2) is 0 Å². The quantitative estimate of drug-likeness (QED) is 0.803. The van der Waals surface area contributed by atoms with Crippen LogP contribution in [0.5, 0.6) is 0 Å². The Hall–Kier alpha value is -0.0800. The van der Waals surface area contributed by atoms with Crippen LogP contribution in [0, 0.1) is 0 Å². The Bertz CT molecular complexity index is 441. The van der Waals surface area contributed by atoms with Gasteiger partial charge in [0.2, 0.25) is 10.0 Å². The highest BCUT2D eigenvalue weighted by Crippen LogP contribution is 2.19. The number of sulfonamides is 1. The largest absolute Gasteiger partial charge is 0.391 e. The van der Waals surface area contributed by atoms with Crippen LogP contribution in [0.1, 0.15) is 18.2 Å². The van der Waals surface area contributed by atoms with E-state index in [2.05, 4.69) is 11.6 Å². The smallest absolute Gasteiger partial charge is 0.241 e. The molecule has 0 bridgehead atoms. The minimum atomic E-state index is -3.41. The van der Waals surface area contributed by atoms with Crippen LogP contribution in [-0.4, -0.2) is 31.6 Å². The second-order valence-electron chi connectivity index (χ2n) is 3.64. The third kappa shape index (κ3) is 4.59. The summed E-state index contributed by atoms with van der Waals surface area (Å²) in [5, 5.41) is 10.9. The molecule has 17 heavy (non-hydrogen) atoms. The van der Waals surface area contributed by atoms with E-state index in [-0.39, 0.29) is 11.5 Å². The molecule has 2 N–H and O–H groups in total. The molecule has 0 aromatic carbocycles. The molecule has 1 atom stereocenters. The number of thioether (sulfide) groups is 1. The van der Waals surface area contributed by atoms with Crippen molar-refractivity contribution in [2.75, 3.05) is 12.8 Å². The van der Waals surface area contributed by atoms with Crippen molar-refractivity contribution in [2.45, 2.75) is 30.1 Å². The fraction of sp³-hybridized carbons (Fsp3) is 0.600. The number of aliphatic hydroxyl groups excluding tert-OH is 1. The highest BCUT2D eigenvalue weighted by Gasteiger charge is 2.15. The van der Waals surface area contributed by atoms with Gasteiger partial charge < -0.3 is 5.11 Å². The summed E-state index contributed by atoms with van der Waals surface area (Å²) in [7, 11) is -3.41. The Labute approximate surface area is 110 Å². The summed E-state index contributed by atoms with van der Waals surface area (Å²) in [6, 6.07) is 1.50. The Kier molecular flexibility index (Phi) is 5.94. The first-order valence-electron chi connectivity index (χ1n) is 5.20. The summed E-state index contributed by atoms with van der Waals surface area (Å²) < 4.78 is 26.2. The van der Waals surface area contributed by atoms with Gasteiger partial charge in [-0.25, -0.2) is 13.1 Å². The van der Waals surface area contributed by atoms with Gasteiger partial charge in [-0.15, -0.1) is 11.3 Å². The van der Waals surface area contributed by atoms with E-state index in [9.17, 15) is 8.42 Å². The molecular weight excluding hydrogens is 278 g/mol. The molecule has 1 aromatic rings. The molecule has 7 heteroatoms. The van der Waals surface area contributed by atoms with Gasteiger partial charge in [-0.1, -0.05) is 6.92 Å². The summed E-state index contributed by atoms with van der Waals surface area (Å²) in [6.07, 6.45) is 2.81. The number of aliphatic hydroxyl groups is 1. The maximum Gasteiger partial charge on any atom is 0.241 e. The molecule has 1 unspecified atom stereocenters. The molecule has 4 nitrogen and oxygen atoms in total. The molecular formula is C10H17NO3S3. The van der Waals surface area contributed by atoms with Crippen LogP contribution in [0.3, 0.4) is 0 Å². The van der Waals surface area contributed by atoms with Crippen LogP contribution in [0.4, 0.5) is 0 Å². The van der Waals surface area contributed by atoms with Gasteiger partial charge >= 0.3 is 0 Å². The number of hydrogen-bond acceptors (Lipinski definition) is 5. The Balaban J connectivity index is 2.56. The molecule has 1 aromatic heterocycles. The number of nitrogens with one attached hydrogen (secondary N) is 1. The molecule has 0 saturated heterocycles. The monoisotopic (exact) mass is 295 g/mol. The molecule has 0 saturated carbocycles. The van der Waals surface area contributed by atoms with Crippen molar-refractivity contribution in [3.05, 3.63) is 16.3 Å². The molecule has 0 aliphatic heterocycles. The number of rotatable bonds is 7. The second kappa shape index (κ2) is 6.75. The Morgan fingerprint density at radius 1 is 1.59 bits per heavy atom. The van der Waals surface area contributed by atoms with E-state index in [1.165, 1.54) is 17.4 Å². The predicted octanol–water partition coefficient (Wildman–Crippen LogP) is 1.66. The van der Waals surface area contributed by atoms with Gasteiger partial charge in [-0.2, -0.15) is 11.8 Å². The van der Waals surface area contributed by atoms with Crippen molar-refractivity contribution in [1.29, 1.82) is 0 Å². The predicted molar refractivity (Wildman–Crippen MR) is 73.0 cm³/mol. The van der Waals surface area contributed by atoms with Crippen LogP contribution in [-0.2, 0) is 16.6 Å². The number of thiophene rings is 1. The van der Waals surface area contributed by atoms with E-state index in [0.29, 0.717) is 16.7 Å². The topological polar surface area (TPSA) is 66.4 Å². The fourth-order valence-corrected chi connectivity index (χ4v) is 3.72. The van der Waals surface area contributed by atoms with E-state index in [1.807, 2.05) is 6.26 Å². The molecule has 0 aliphatic carbocycles. The molecule has 1 heterocycles. The SMILES string of the molecule is CSC(C)CCNS(=O)(=O)c1csc(CO)c1. The highest BCUT2D eigenvalue weighted by molar-refractivity contribution is 7.99. The lowest BCUT2D eigenvalue weighted by Gasteiger charge is -2.08. The molecule has 0 fully saturated rings. The molecule has 1 rings (SSSR count). The lowest BCUT2D eigenvalue weighted by atomic mass is 10.3. The molecule has 0 spiro atoms. The Morgan fingerprint density at radius 2 is 2.29 bits per heavy atom. The molecule has 0 radical (unpaired) electrons. The van der Waals surface area contributed by atoms with Gasteiger partial charge in [-0.3, -0.25) is 0 Å². The van der Waals surface area contributed by atoms with Gasteiger partial charge in [-0.05, 0) is 18.7 Å². The van der Waals surface area contributed by atoms with E-state index < -0.39 is 10.0 Å². The van der Waals surface area contributed by atoms with Crippen LogP contribution in [0.15, 0.2) is 16.3 Å². The lowest BCUT2D eigenvalue weighted by Crippen LogP contribution is -2.25. The molecule has 0 amide bonds. The van der Waals surface area contributed by atoms with Crippen LogP contribution in [0.2, 0.25) is 0 Å². The van der Waals surface area contributed by atoms with Crippen LogP contribution >= 0.6 is 23.1 Å². The molecule has 98 valence electrons. The van der Waals surface area contributed by atoms with Crippen molar-refractivity contribution in [1.82, 2.24) is 4.72 Å². The third-order valence-electron chi connectivity index (χ3n) is 2.34. The number of hydrogen-bond donors (Lipinski definition) is 2. The summed E-state index contributed by atoms with van der Waals surface area (Å²) in [4.78, 5) is 0.895. The maximum atomic E-state index is 11.8. The van der Waals surface area contributed by atoms with E-state index >= 15 is 0 Å². The van der Waals surface area contributed by atoms with Gasteiger partial charge in [0.25, 0.3) is 0 Å². The minimum Gasteiger partial charge on any atom is -0.391 e. The summed E-state index contributed by atoms with van der Waals surface area (Å²) in [6.45, 7) is 2.38. The maximum absolute atomic E-state index is 11.8. The second-order valence-corrected chi connectivity index (χ2v) is 7.68. The third-order valence-corrected chi connectivity index (χ3v) is 5.89. The van der Waals surface area contributed by atoms with Crippen molar-refractivity contribution < 1.29 is 13.5 Å². The van der Waals surface area contributed by atoms with Crippen LogP contribution in [0.25, 0.3) is 0 Å². The van der Waals surface area contributed by atoms with Crippen LogP contribution < -0.4 is 4.72 Å². The average Bonchev–Trinajstić information content (AvgIpc) is 2.77. The van der Waals surface area contributed by atoms with Gasteiger partial charge in [0.05, 0.1) is 11.5 Å². The first-order valence-corrected chi connectivity index (χ1v) is 8.85. The average molecular weight is 295 g/mol. The van der Waals surface area contributed by atoms with Gasteiger partial charge in [0.1, 0.15) is 0 Å². The standard InChI is InChI=1S/C10H17NO3S3/c1-8(15-2)3-4-11-17(13,14)10-5-9(6-12)16-7-10/h5,7-8,11-12H,3-4,6H2,1-2H3. The zero-order valence-electron chi connectivity index (χ0n) is 9.84. The van der Waals surface area contributed by atoms with E-state index in [4.69, 9.17) is 5.11 Å². The highest BCUT2D eigenvalue weighted by atomic mass is 32.2. The Morgan fingerprint density at radius 3 is 2.82 bits per heavy atom. The fourth-order valence-electron chi connectivity index (χ4n) is 1.18. The van der Waals surface area contributed by atoms with Crippen molar-refractivity contribution in [3.8, 4) is 0 Å². The first kappa shape index (κ1) is 15.0. The summed E-state index contributed by atoms with van der Waals surface area (Å²) >= 11 is 2.96. The van der Waals surface area contributed by atoms with E-state index in [0.717, 1.165) is 6.42 Å². The first-order chi connectivity index (χ1) is 7.99. The van der Waals surface area contributed by atoms with Crippen molar-refractivity contribution >= 4 is 33.1 Å². The van der Waals surface area contributed by atoms with Crippen molar-refractivity contribution in [3.63, 3.8) is 0 Å². The molecule has 0 aliphatic rings.